The molecule has 0 spiro atoms. The lowest BCUT2D eigenvalue weighted by atomic mass is 9.94. The van der Waals surface area contributed by atoms with Gasteiger partial charge in [-0.25, -0.2) is 9.78 Å². The molecule has 4 aromatic heterocycles. The molecule has 0 aliphatic carbocycles. The lowest BCUT2D eigenvalue weighted by Crippen LogP contribution is -2.32. The van der Waals surface area contributed by atoms with Crippen molar-refractivity contribution in [3.8, 4) is 11.6 Å². The molecule has 0 saturated heterocycles. The predicted octanol–water partition coefficient (Wildman–Crippen LogP) is 4.75. The second kappa shape index (κ2) is 7.63. The molecule has 0 atom stereocenters. The fourth-order valence-electron chi connectivity index (χ4n) is 4.29. The molecule has 1 aliphatic heterocycles. The molecular formula is C24H19ClN4O4S. The first-order valence-electron chi connectivity index (χ1n) is 10.7. The van der Waals surface area contributed by atoms with Crippen molar-refractivity contribution in [2.75, 3.05) is 0 Å². The van der Waals surface area contributed by atoms with Gasteiger partial charge < -0.3 is 9.15 Å². The summed E-state index contributed by atoms with van der Waals surface area (Å²) in [5.74, 6) is 0.581. The first-order chi connectivity index (χ1) is 16.3. The first kappa shape index (κ1) is 21.3. The summed E-state index contributed by atoms with van der Waals surface area (Å²) < 4.78 is 14.2. The lowest BCUT2D eigenvalue weighted by molar-refractivity contribution is -0.0379. The SMILES string of the molecule is CC1(C)Cc2c(sc3c2c2nc(-c4ccco4)nn2c(=O)n3CC(=O)c2ccc(Cl)cc2)CO1. The lowest BCUT2D eigenvalue weighted by Gasteiger charge is -2.30. The molecule has 5 aromatic rings. The topological polar surface area (TPSA) is 91.6 Å². The minimum absolute atomic E-state index is 0.132. The molecule has 0 N–H and O–H groups in total. The summed E-state index contributed by atoms with van der Waals surface area (Å²) in [6.07, 6.45) is 2.19. The van der Waals surface area contributed by atoms with Gasteiger partial charge in [0.25, 0.3) is 0 Å². The zero-order valence-electron chi connectivity index (χ0n) is 18.4. The maximum Gasteiger partial charge on any atom is 0.352 e. The normalized spacial score (nSPS) is 15.1. The van der Waals surface area contributed by atoms with Crippen molar-refractivity contribution < 1.29 is 13.9 Å². The van der Waals surface area contributed by atoms with Crippen LogP contribution in [0.25, 0.3) is 27.4 Å². The number of Topliss-reactive ketones (excluding diaryl/α,β-unsaturated/α-hetero) is 1. The molecule has 34 heavy (non-hydrogen) atoms. The third-order valence-corrected chi connectivity index (χ3v) is 7.45. The number of furan rings is 1. The zero-order chi connectivity index (χ0) is 23.6. The molecule has 8 nitrogen and oxygen atoms in total. The van der Waals surface area contributed by atoms with Crippen LogP contribution < -0.4 is 5.69 Å². The number of carbonyl (C=O) groups excluding carboxylic acids is 1. The number of benzene rings is 1. The monoisotopic (exact) mass is 494 g/mol. The van der Waals surface area contributed by atoms with Gasteiger partial charge in [0, 0.05) is 21.9 Å². The molecular weight excluding hydrogens is 476 g/mol. The van der Waals surface area contributed by atoms with E-state index in [0.29, 0.717) is 45.7 Å². The third kappa shape index (κ3) is 3.39. The number of thiophene rings is 1. The molecule has 0 radical (unpaired) electrons. The van der Waals surface area contributed by atoms with E-state index in [9.17, 15) is 9.59 Å². The van der Waals surface area contributed by atoms with Gasteiger partial charge in [0.2, 0.25) is 5.82 Å². The number of nitrogens with zero attached hydrogens (tertiary/aromatic N) is 4. The summed E-state index contributed by atoms with van der Waals surface area (Å²) in [5.41, 5.74) is 1.21. The van der Waals surface area contributed by atoms with Gasteiger partial charge in [-0.3, -0.25) is 9.36 Å². The number of halogens is 1. The Morgan fingerprint density at radius 1 is 1.24 bits per heavy atom. The molecule has 0 bridgehead atoms. The van der Waals surface area contributed by atoms with Crippen LogP contribution in [0.3, 0.4) is 0 Å². The average Bonchev–Trinajstić information content (AvgIpc) is 3.54. The highest BCUT2D eigenvalue weighted by molar-refractivity contribution is 7.19. The molecule has 1 aliphatic rings. The Morgan fingerprint density at radius 2 is 2.03 bits per heavy atom. The molecule has 6 rings (SSSR count). The average molecular weight is 495 g/mol. The number of hydrogen-bond acceptors (Lipinski definition) is 7. The van der Waals surface area contributed by atoms with Crippen molar-refractivity contribution in [3.05, 3.63) is 74.2 Å². The molecule has 0 saturated carbocycles. The largest absolute Gasteiger partial charge is 0.461 e. The van der Waals surface area contributed by atoms with Gasteiger partial charge in [-0.05, 0) is 55.8 Å². The Balaban J connectivity index is 1.60. The molecule has 5 heterocycles. The van der Waals surface area contributed by atoms with Crippen LogP contribution in [0.2, 0.25) is 5.02 Å². The second-order valence-corrected chi connectivity index (χ2v) is 10.4. The number of rotatable bonds is 4. The van der Waals surface area contributed by atoms with E-state index in [1.807, 2.05) is 13.8 Å². The van der Waals surface area contributed by atoms with Crippen molar-refractivity contribution in [1.29, 1.82) is 0 Å². The van der Waals surface area contributed by atoms with Crippen LogP contribution in [0.5, 0.6) is 0 Å². The molecule has 1 aromatic carbocycles. The minimum Gasteiger partial charge on any atom is -0.461 e. The van der Waals surface area contributed by atoms with Crippen molar-refractivity contribution in [1.82, 2.24) is 19.2 Å². The Hall–Kier alpha value is -3.27. The Labute approximate surface area is 202 Å². The van der Waals surface area contributed by atoms with E-state index < -0.39 is 5.69 Å². The van der Waals surface area contributed by atoms with Crippen molar-refractivity contribution >= 4 is 44.6 Å². The van der Waals surface area contributed by atoms with Gasteiger partial charge in [0.05, 0.1) is 30.4 Å². The minimum atomic E-state index is -0.436. The molecule has 0 unspecified atom stereocenters. The Morgan fingerprint density at radius 3 is 2.76 bits per heavy atom. The van der Waals surface area contributed by atoms with Gasteiger partial charge in [-0.2, -0.15) is 4.52 Å². The van der Waals surface area contributed by atoms with Crippen LogP contribution in [-0.4, -0.2) is 30.5 Å². The summed E-state index contributed by atoms with van der Waals surface area (Å²) in [4.78, 5) is 33.1. The van der Waals surface area contributed by atoms with E-state index in [0.717, 1.165) is 15.8 Å². The van der Waals surface area contributed by atoms with Gasteiger partial charge in [0.1, 0.15) is 4.83 Å². The van der Waals surface area contributed by atoms with Gasteiger partial charge >= 0.3 is 5.69 Å². The maximum atomic E-state index is 13.6. The smallest absolute Gasteiger partial charge is 0.352 e. The van der Waals surface area contributed by atoms with Crippen molar-refractivity contribution in [2.24, 2.45) is 0 Å². The summed E-state index contributed by atoms with van der Waals surface area (Å²) in [6, 6.07) is 10.1. The fourth-order valence-corrected chi connectivity index (χ4v) is 5.63. The summed E-state index contributed by atoms with van der Waals surface area (Å²) in [7, 11) is 0. The van der Waals surface area contributed by atoms with Crippen LogP contribution in [0.4, 0.5) is 0 Å². The fraction of sp³-hybridized carbons (Fsp3) is 0.250. The number of fused-ring (bicyclic) bond motifs is 5. The number of hydrogen-bond donors (Lipinski definition) is 0. The van der Waals surface area contributed by atoms with Crippen LogP contribution in [-0.2, 0) is 24.3 Å². The summed E-state index contributed by atoms with van der Waals surface area (Å²) in [6.45, 7) is 4.38. The highest BCUT2D eigenvalue weighted by Gasteiger charge is 2.32. The van der Waals surface area contributed by atoms with Crippen molar-refractivity contribution in [3.63, 3.8) is 0 Å². The molecule has 0 fully saturated rings. The van der Waals surface area contributed by atoms with Gasteiger partial charge in [0.15, 0.2) is 17.2 Å². The predicted molar refractivity (Wildman–Crippen MR) is 129 cm³/mol. The Kier molecular flexibility index (Phi) is 4.77. The summed E-state index contributed by atoms with van der Waals surface area (Å²) in [5, 5.41) is 5.81. The highest BCUT2D eigenvalue weighted by atomic mass is 35.5. The number of ether oxygens (including phenoxy) is 1. The van der Waals surface area contributed by atoms with Crippen LogP contribution in [0, 0.1) is 0 Å². The second-order valence-electron chi connectivity index (χ2n) is 8.86. The van der Waals surface area contributed by atoms with Crippen LogP contribution >= 0.6 is 22.9 Å². The van der Waals surface area contributed by atoms with Gasteiger partial charge in [-0.1, -0.05) is 11.6 Å². The standard InChI is InChI=1S/C24H19ClN4O4S/c1-24(2)10-15-18(12-33-24)34-22-19(15)21-26-20(17-4-3-9-32-17)27-29(21)23(31)28(22)11-16(30)13-5-7-14(25)8-6-13/h3-9H,10-12H2,1-2H3. The van der Waals surface area contributed by atoms with E-state index in [4.69, 9.17) is 20.8 Å². The quantitative estimate of drug-likeness (QED) is 0.335. The highest BCUT2D eigenvalue weighted by Crippen LogP contribution is 2.40. The van der Waals surface area contributed by atoms with E-state index in [1.54, 1.807) is 36.4 Å². The van der Waals surface area contributed by atoms with E-state index in [-0.39, 0.29) is 17.9 Å². The molecule has 10 heteroatoms. The number of ketones is 1. The van der Waals surface area contributed by atoms with Crippen LogP contribution in [0.15, 0.2) is 51.9 Å². The first-order valence-corrected chi connectivity index (χ1v) is 11.9. The molecule has 172 valence electrons. The number of aromatic nitrogens is 4. The number of carbonyl (C=O) groups is 1. The van der Waals surface area contributed by atoms with E-state index in [2.05, 4.69) is 10.1 Å². The van der Waals surface area contributed by atoms with Crippen molar-refractivity contribution in [2.45, 2.75) is 39.0 Å². The van der Waals surface area contributed by atoms with Gasteiger partial charge in [-0.15, -0.1) is 16.4 Å². The maximum absolute atomic E-state index is 13.6. The van der Waals surface area contributed by atoms with E-state index in [1.165, 1.54) is 26.7 Å². The molecule has 0 amide bonds. The third-order valence-electron chi connectivity index (χ3n) is 5.97. The summed E-state index contributed by atoms with van der Waals surface area (Å²) >= 11 is 7.43. The zero-order valence-corrected chi connectivity index (χ0v) is 19.9. The Bertz CT molecular complexity index is 1630. The van der Waals surface area contributed by atoms with E-state index >= 15 is 0 Å². The van der Waals surface area contributed by atoms with Crippen LogP contribution in [0.1, 0.15) is 34.6 Å².